The van der Waals surface area contributed by atoms with E-state index in [1.165, 1.54) is 20.8 Å². The summed E-state index contributed by atoms with van der Waals surface area (Å²) in [7, 11) is 0. The second kappa shape index (κ2) is 49.1. The Morgan fingerprint density at radius 2 is 1.10 bits per heavy atom. The molecular formula is C72H110N16O25. The number of unbranched alkanes of at least 4 members (excludes halogenated alkanes) is 5. The quantitative estimate of drug-likeness (QED) is 0.0226. The summed E-state index contributed by atoms with van der Waals surface area (Å²) < 4.78 is 5.76. The van der Waals surface area contributed by atoms with E-state index in [1.54, 1.807) is 30.5 Å². The number of aliphatic hydroxyl groups is 1. The number of aliphatic carboxylic acids is 4. The molecule has 1 saturated heterocycles. The van der Waals surface area contributed by atoms with Crippen molar-refractivity contribution in [3.63, 3.8) is 0 Å². The Bertz CT molecular complexity index is 3690. The first kappa shape index (κ1) is 95.8. The van der Waals surface area contributed by atoms with Crippen LogP contribution in [0, 0.1) is 17.8 Å². The zero-order valence-corrected chi connectivity index (χ0v) is 64.4. The first-order chi connectivity index (χ1) is 53.3. The van der Waals surface area contributed by atoms with Gasteiger partial charge in [-0.3, -0.25) is 86.3 Å². The van der Waals surface area contributed by atoms with Gasteiger partial charge < -0.3 is 116 Å². The fourth-order valence-corrected chi connectivity index (χ4v) is 11.7. The number of nitrogens with two attached hydrogens (primary N) is 2. The smallest absolute Gasteiger partial charge is 0.329 e. The predicted octanol–water partition coefficient (Wildman–Crippen LogP) is -4.01. The van der Waals surface area contributed by atoms with Gasteiger partial charge in [0.2, 0.25) is 82.7 Å². The number of aromatic nitrogens is 1. The van der Waals surface area contributed by atoms with Crippen LogP contribution >= 0.6 is 0 Å². The van der Waals surface area contributed by atoms with Crippen LogP contribution in [0.4, 0.5) is 0 Å². The van der Waals surface area contributed by atoms with Gasteiger partial charge >= 0.3 is 29.8 Å². The van der Waals surface area contributed by atoms with Crippen molar-refractivity contribution in [3.8, 4) is 0 Å². The highest BCUT2D eigenvalue weighted by molar-refractivity contribution is 6.01. The number of aromatic amines is 1. The number of carbonyl (C=O) groups is 19. The number of carboxylic acids is 4. The lowest BCUT2D eigenvalue weighted by Gasteiger charge is -2.31. The number of hydrogen-bond acceptors (Lipinski definition) is 22. The molecule has 0 bridgehead atoms. The summed E-state index contributed by atoms with van der Waals surface area (Å²) >= 11 is 0. The Morgan fingerprint density at radius 3 is 1.69 bits per heavy atom. The minimum atomic E-state index is -2.28. The molecule has 41 nitrogen and oxygen atoms in total. The molecule has 0 radical (unpaired) electrons. The van der Waals surface area contributed by atoms with Gasteiger partial charge in [-0.05, 0) is 75.5 Å². The maximum absolute atomic E-state index is 14.8. The second-order valence-electron chi connectivity index (χ2n) is 28.0. The molecule has 1 fully saturated rings. The Hall–Kier alpha value is -11.4. The van der Waals surface area contributed by atoms with Crippen LogP contribution in [0.1, 0.15) is 170 Å². The third-order valence-electron chi connectivity index (χ3n) is 18.7. The Balaban J connectivity index is 2.19. The van der Waals surface area contributed by atoms with Crippen LogP contribution in [0.3, 0.4) is 0 Å². The number of hydrogen-bond donors (Lipinski definition) is 21. The number of rotatable bonds is 37. The molecule has 628 valence electrons. The van der Waals surface area contributed by atoms with Crippen molar-refractivity contribution in [3.05, 3.63) is 36.0 Å². The highest BCUT2D eigenvalue weighted by Crippen LogP contribution is 2.22. The number of esters is 1. The van der Waals surface area contributed by atoms with Crippen molar-refractivity contribution in [1.29, 1.82) is 0 Å². The van der Waals surface area contributed by atoms with E-state index in [0.717, 1.165) is 52.4 Å². The largest absolute Gasteiger partial charge is 0.481 e. The summed E-state index contributed by atoms with van der Waals surface area (Å²) in [6.07, 6.45) is 0.584. The van der Waals surface area contributed by atoms with Crippen molar-refractivity contribution in [2.75, 3.05) is 26.2 Å². The topological polar surface area (TPSA) is 659 Å². The summed E-state index contributed by atoms with van der Waals surface area (Å²) in [6.45, 7) is 6.80. The molecule has 3 rings (SSSR count). The SMILES string of the molecule is CCC(C)CCCCCCCCC(=O)NC(Cc1c[nH]c2ccccc12)C(=O)NC(CCC(=O)O)C(=O)NC(CC(N)=O)C(=O)NC1C(=O)NCC(=O)NC(CCCN)C(=O)NC(CC(=O)O)C(=O)NC(C)C(=O)NC(CC(=O)O)C(=O)NCC(=O)NC(CO)C(=O)NC(C(C)CC(=O)O)C(=O)NC(C(C)CC)C(=O)OC1C. The number of para-hydroxylation sites is 1. The molecule has 15 atom stereocenters. The molecule has 14 amide bonds. The van der Waals surface area contributed by atoms with Crippen LogP contribution < -0.4 is 80.6 Å². The molecule has 0 spiro atoms. The van der Waals surface area contributed by atoms with E-state index >= 15 is 0 Å². The molecule has 15 unspecified atom stereocenters. The maximum Gasteiger partial charge on any atom is 0.329 e. The first-order valence-corrected chi connectivity index (χ1v) is 37.4. The van der Waals surface area contributed by atoms with E-state index in [0.29, 0.717) is 35.2 Å². The van der Waals surface area contributed by atoms with Gasteiger partial charge in [0.05, 0.1) is 45.4 Å². The predicted molar refractivity (Wildman–Crippen MR) is 398 cm³/mol. The van der Waals surface area contributed by atoms with E-state index < -0.39 is 255 Å². The molecule has 2 heterocycles. The molecule has 0 aliphatic carbocycles. The van der Waals surface area contributed by atoms with Gasteiger partial charge in [-0.15, -0.1) is 0 Å². The molecule has 1 aliphatic heterocycles. The van der Waals surface area contributed by atoms with Gasteiger partial charge in [-0.1, -0.05) is 104 Å². The Kier molecular flexibility index (Phi) is 41.6. The third kappa shape index (κ3) is 34.4. The van der Waals surface area contributed by atoms with E-state index in [2.05, 4.69) is 77.3 Å². The van der Waals surface area contributed by atoms with Crippen molar-refractivity contribution >= 4 is 123 Å². The summed E-state index contributed by atoms with van der Waals surface area (Å²) in [5.41, 5.74) is 12.6. The van der Waals surface area contributed by atoms with Crippen molar-refractivity contribution in [1.82, 2.24) is 74.1 Å². The van der Waals surface area contributed by atoms with E-state index in [1.807, 2.05) is 10.6 Å². The summed E-state index contributed by atoms with van der Waals surface area (Å²) in [5, 5.41) is 79.1. The average molecular weight is 1600 g/mol. The number of aliphatic hydroxyl groups excluding tert-OH is 1. The van der Waals surface area contributed by atoms with Crippen molar-refractivity contribution in [2.45, 2.75) is 243 Å². The number of carbonyl (C=O) groups excluding carboxylic acids is 15. The molecule has 1 aliphatic rings. The minimum absolute atomic E-state index is 0.0123. The fraction of sp³-hybridized carbons (Fsp3) is 0.625. The van der Waals surface area contributed by atoms with Crippen LogP contribution in [0.25, 0.3) is 10.9 Å². The van der Waals surface area contributed by atoms with Gasteiger partial charge in [-0.25, -0.2) is 4.79 Å². The number of nitrogens with one attached hydrogen (secondary N) is 14. The normalized spacial score (nSPS) is 22.0. The lowest BCUT2D eigenvalue weighted by atomic mass is 9.94. The third-order valence-corrected chi connectivity index (χ3v) is 18.7. The summed E-state index contributed by atoms with van der Waals surface area (Å²) in [5.74, 6) is -27.0. The van der Waals surface area contributed by atoms with Crippen LogP contribution in [0.15, 0.2) is 30.5 Å². The molecular weight excluding hydrogens is 1490 g/mol. The number of ether oxygens (including phenoxy) is 1. The van der Waals surface area contributed by atoms with E-state index in [-0.39, 0.29) is 38.6 Å². The summed E-state index contributed by atoms with van der Waals surface area (Å²) in [6, 6.07) is -14.1. The van der Waals surface area contributed by atoms with Gasteiger partial charge in [0.1, 0.15) is 72.6 Å². The van der Waals surface area contributed by atoms with E-state index in [4.69, 9.17) is 16.2 Å². The fourth-order valence-electron chi connectivity index (χ4n) is 11.7. The molecule has 41 heteroatoms. The molecule has 2 aromatic rings. The number of primary amides is 1. The summed E-state index contributed by atoms with van der Waals surface area (Å²) in [4.78, 5) is 261. The van der Waals surface area contributed by atoms with Crippen LogP contribution in [-0.4, -0.2) is 242 Å². The second-order valence-corrected chi connectivity index (χ2v) is 28.0. The van der Waals surface area contributed by atoms with Gasteiger partial charge in [0, 0.05) is 36.4 Å². The molecule has 1 aromatic heterocycles. The van der Waals surface area contributed by atoms with E-state index in [9.17, 15) is 117 Å². The zero-order valence-electron chi connectivity index (χ0n) is 64.4. The Labute approximate surface area is 651 Å². The number of cyclic esters (lactones) is 1. The van der Waals surface area contributed by atoms with Crippen LogP contribution in [-0.2, 0) is 102 Å². The molecule has 0 saturated carbocycles. The number of benzene rings is 1. The first-order valence-electron chi connectivity index (χ1n) is 37.4. The van der Waals surface area contributed by atoms with Gasteiger partial charge in [0.25, 0.3) is 0 Å². The number of amides is 14. The number of fused-ring (bicyclic) bond motifs is 1. The monoisotopic (exact) mass is 1600 g/mol. The van der Waals surface area contributed by atoms with Crippen molar-refractivity contribution < 1.29 is 121 Å². The van der Waals surface area contributed by atoms with Crippen LogP contribution in [0.5, 0.6) is 0 Å². The number of carboxylic acid groups (broad SMARTS) is 4. The number of H-pyrrole nitrogens is 1. The van der Waals surface area contributed by atoms with Crippen LogP contribution in [0.2, 0.25) is 0 Å². The van der Waals surface area contributed by atoms with Gasteiger partial charge in [-0.2, -0.15) is 0 Å². The maximum atomic E-state index is 14.8. The highest BCUT2D eigenvalue weighted by atomic mass is 16.5. The zero-order chi connectivity index (χ0) is 84.8. The van der Waals surface area contributed by atoms with Gasteiger partial charge in [0.15, 0.2) is 0 Å². The molecule has 113 heavy (non-hydrogen) atoms. The molecule has 23 N–H and O–H groups in total. The van der Waals surface area contributed by atoms with Crippen molar-refractivity contribution in [2.24, 2.45) is 29.2 Å². The lowest BCUT2D eigenvalue weighted by Crippen LogP contribution is -2.62. The lowest BCUT2D eigenvalue weighted by molar-refractivity contribution is -0.157. The average Bonchev–Trinajstić information content (AvgIpc) is 1.71. The highest BCUT2D eigenvalue weighted by Gasteiger charge is 2.41. The standard InChI is InChI=1S/C72H110N16O25/c1-8-36(3)19-14-12-10-11-13-15-23-52(91)80-46(28-41-32-75-43-21-17-16-20-42(41)43)67(107)82-45(24-25-55(94)95)65(105)84-47(29-51(74)90)68(108)88-61-40(7)113-72(112)60(37(4)9-2)87-71(111)59(38(5)27-56(96)97)86-69(109)50(35-89)81-54(93)33-76-63(103)48(30-57(98)99)83-62(102)39(6)78-66(106)49(31-58(100)101)85-64(104)44(22-18-26-73)79-53(92)34-77-70(61)110/h16-17,20-21,32,36-40,44-50,59-61,75,89H,8-15,18-19,22-31,33-35,73H2,1-7H3,(H2,74,90)(H,76,103)(H,77,110)(H,78,106)(H,79,92)(H,80,91)(H,81,93)(H,82,107)(H,83,102)(H,84,105)(H,85,104)(H,86,109)(H,87,111)(H,88,108)(H,94,95)(H,96,97)(H,98,99)(H,100,101). The molecule has 1 aromatic carbocycles. The Morgan fingerprint density at radius 1 is 0.540 bits per heavy atom. The minimum Gasteiger partial charge on any atom is -0.481 e.